The molecule has 0 aromatic heterocycles. The van der Waals surface area contributed by atoms with E-state index in [1.54, 1.807) is 7.11 Å². The highest BCUT2D eigenvalue weighted by molar-refractivity contribution is 5.41. The molecule has 3 rings (SSSR count). The predicted octanol–water partition coefficient (Wildman–Crippen LogP) is 2.48. The lowest BCUT2D eigenvalue weighted by molar-refractivity contribution is 0.318. The number of hydrogen-bond acceptors (Lipinski definition) is 2. The standard InChI is InChI=1S/C14H19NO/c1-16-11-6-4-10-5-7-14-12(13(10)9-11)3-2-8-15-14/h4,6,9,12,14-15H,2-3,5,7-8H2,1H3/t12-,14-/m1/s1. The molecule has 2 atom stereocenters. The van der Waals surface area contributed by atoms with Crippen molar-refractivity contribution in [3.8, 4) is 5.75 Å². The summed E-state index contributed by atoms with van der Waals surface area (Å²) in [5, 5.41) is 3.66. The van der Waals surface area contributed by atoms with E-state index in [0.717, 1.165) is 5.75 Å². The van der Waals surface area contributed by atoms with E-state index < -0.39 is 0 Å². The molecule has 1 N–H and O–H groups in total. The van der Waals surface area contributed by atoms with Crippen molar-refractivity contribution in [2.75, 3.05) is 13.7 Å². The second kappa shape index (κ2) is 4.10. The minimum atomic E-state index is 0.702. The molecule has 0 bridgehead atoms. The zero-order chi connectivity index (χ0) is 11.0. The molecule has 86 valence electrons. The highest BCUT2D eigenvalue weighted by atomic mass is 16.5. The lowest BCUT2D eigenvalue weighted by Crippen LogP contribution is -2.42. The fourth-order valence-corrected chi connectivity index (χ4v) is 3.21. The Morgan fingerprint density at radius 1 is 1.31 bits per heavy atom. The van der Waals surface area contributed by atoms with Crippen LogP contribution in [-0.2, 0) is 6.42 Å². The quantitative estimate of drug-likeness (QED) is 0.780. The van der Waals surface area contributed by atoms with Gasteiger partial charge in [-0.3, -0.25) is 0 Å². The molecule has 0 radical (unpaired) electrons. The van der Waals surface area contributed by atoms with Gasteiger partial charge in [-0.15, -0.1) is 0 Å². The summed E-state index contributed by atoms with van der Waals surface area (Å²) in [6, 6.07) is 7.29. The average Bonchev–Trinajstić information content (AvgIpc) is 2.38. The van der Waals surface area contributed by atoms with E-state index >= 15 is 0 Å². The predicted molar refractivity (Wildman–Crippen MR) is 65.1 cm³/mol. The van der Waals surface area contributed by atoms with E-state index in [9.17, 15) is 0 Å². The third-order valence-corrected chi connectivity index (χ3v) is 4.06. The molecule has 2 heteroatoms. The Morgan fingerprint density at radius 2 is 2.25 bits per heavy atom. The Labute approximate surface area is 97.0 Å². The Balaban J connectivity index is 1.98. The minimum absolute atomic E-state index is 0.702. The van der Waals surface area contributed by atoms with Gasteiger partial charge in [-0.05, 0) is 61.4 Å². The SMILES string of the molecule is COc1ccc2c(c1)[C@H]1CCCN[C@@H]1CC2. The Hall–Kier alpha value is -1.02. The zero-order valence-electron chi connectivity index (χ0n) is 9.83. The van der Waals surface area contributed by atoms with Crippen LogP contribution in [0.25, 0.3) is 0 Å². The molecule has 2 nitrogen and oxygen atoms in total. The van der Waals surface area contributed by atoms with Crippen molar-refractivity contribution in [1.29, 1.82) is 0 Å². The van der Waals surface area contributed by atoms with Gasteiger partial charge in [0.05, 0.1) is 7.11 Å². The van der Waals surface area contributed by atoms with Crippen molar-refractivity contribution < 1.29 is 4.74 Å². The first kappa shape index (κ1) is 10.2. The van der Waals surface area contributed by atoms with Crippen molar-refractivity contribution in [2.24, 2.45) is 0 Å². The number of benzene rings is 1. The molecule has 1 heterocycles. The number of hydrogen-bond donors (Lipinski definition) is 1. The Morgan fingerprint density at radius 3 is 3.12 bits per heavy atom. The first-order valence-corrected chi connectivity index (χ1v) is 6.28. The van der Waals surface area contributed by atoms with Gasteiger partial charge in [0, 0.05) is 6.04 Å². The van der Waals surface area contributed by atoms with Crippen LogP contribution in [0.4, 0.5) is 0 Å². The molecule has 2 aliphatic rings. The molecule has 1 aromatic rings. The van der Waals surface area contributed by atoms with Gasteiger partial charge >= 0.3 is 0 Å². The van der Waals surface area contributed by atoms with Gasteiger partial charge in [0.2, 0.25) is 0 Å². The van der Waals surface area contributed by atoms with Gasteiger partial charge < -0.3 is 10.1 Å². The van der Waals surface area contributed by atoms with Crippen LogP contribution in [0.1, 0.15) is 36.3 Å². The summed E-state index contributed by atoms with van der Waals surface area (Å²) < 4.78 is 5.34. The fourth-order valence-electron chi connectivity index (χ4n) is 3.21. The first-order chi connectivity index (χ1) is 7.88. The molecule has 16 heavy (non-hydrogen) atoms. The normalized spacial score (nSPS) is 28.1. The maximum Gasteiger partial charge on any atom is 0.119 e. The number of nitrogens with one attached hydrogen (secondary N) is 1. The number of methoxy groups -OCH3 is 1. The number of rotatable bonds is 1. The molecule has 0 amide bonds. The molecule has 0 unspecified atom stereocenters. The van der Waals surface area contributed by atoms with Gasteiger partial charge in [0.1, 0.15) is 5.75 Å². The van der Waals surface area contributed by atoms with E-state index in [1.165, 1.54) is 43.4 Å². The molecule has 1 fully saturated rings. The molecule has 0 spiro atoms. The van der Waals surface area contributed by atoms with E-state index in [2.05, 4.69) is 23.5 Å². The van der Waals surface area contributed by atoms with Crippen LogP contribution in [0.2, 0.25) is 0 Å². The van der Waals surface area contributed by atoms with Crippen molar-refractivity contribution in [2.45, 2.75) is 37.6 Å². The van der Waals surface area contributed by atoms with Gasteiger partial charge in [0.15, 0.2) is 0 Å². The highest BCUT2D eigenvalue weighted by Crippen LogP contribution is 2.38. The first-order valence-electron chi connectivity index (χ1n) is 6.28. The summed E-state index contributed by atoms with van der Waals surface area (Å²) in [4.78, 5) is 0. The van der Waals surface area contributed by atoms with Crippen LogP contribution in [-0.4, -0.2) is 19.7 Å². The van der Waals surface area contributed by atoms with Crippen molar-refractivity contribution in [1.82, 2.24) is 5.32 Å². The molecular formula is C14H19NO. The van der Waals surface area contributed by atoms with Gasteiger partial charge in [-0.2, -0.15) is 0 Å². The summed E-state index contributed by atoms with van der Waals surface area (Å²) in [5.74, 6) is 1.72. The van der Waals surface area contributed by atoms with E-state index in [0.29, 0.717) is 12.0 Å². The smallest absolute Gasteiger partial charge is 0.119 e. The van der Waals surface area contributed by atoms with Crippen molar-refractivity contribution in [3.63, 3.8) is 0 Å². The Bertz CT molecular complexity index is 388. The van der Waals surface area contributed by atoms with E-state index in [4.69, 9.17) is 4.74 Å². The lowest BCUT2D eigenvalue weighted by atomic mass is 9.75. The third kappa shape index (κ3) is 1.61. The minimum Gasteiger partial charge on any atom is -0.497 e. The fraction of sp³-hybridized carbons (Fsp3) is 0.571. The molecule has 1 saturated heterocycles. The van der Waals surface area contributed by atoms with Crippen LogP contribution in [0.15, 0.2) is 18.2 Å². The van der Waals surface area contributed by atoms with Crippen LogP contribution in [0.5, 0.6) is 5.75 Å². The summed E-state index contributed by atoms with van der Waals surface area (Å²) in [6.07, 6.45) is 5.15. The third-order valence-electron chi connectivity index (χ3n) is 4.06. The second-order valence-electron chi connectivity index (χ2n) is 4.91. The summed E-state index contributed by atoms with van der Waals surface area (Å²) in [7, 11) is 1.75. The average molecular weight is 217 g/mol. The number of fused-ring (bicyclic) bond motifs is 3. The number of piperidine rings is 1. The second-order valence-corrected chi connectivity index (χ2v) is 4.91. The molecular weight excluding hydrogens is 198 g/mol. The maximum absolute atomic E-state index is 5.34. The summed E-state index contributed by atoms with van der Waals surface area (Å²) >= 11 is 0. The van der Waals surface area contributed by atoms with Gasteiger partial charge in [-0.1, -0.05) is 6.07 Å². The molecule has 1 aliphatic heterocycles. The van der Waals surface area contributed by atoms with Crippen molar-refractivity contribution in [3.05, 3.63) is 29.3 Å². The van der Waals surface area contributed by atoms with Gasteiger partial charge in [0.25, 0.3) is 0 Å². The van der Waals surface area contributed by atoms with Gasteiger partial charge in [-0.25, -0.2) is 0 Å². The van der Waals surface area contributed by atoms with E-state index in [-0.39, 0.29) is 0 Å². The molecule has 0 saturated carbocycles. The van der Waals surface area contributed by atoms with E-state index in [1.807, 2.05) is 0 Å². The Kier molecular flexibility index (Phi) is 2.60. The highest BCUT2D eigenvalue weighted by Gasteiger charge is 2.31. The van der Waals surface area contributed by atoms with Crippen LogP contribution in [0, 0.1) is 0 Å². The van der Waals surface area contributed by atoms with Crippen molar-refractivity contribution >= 4 is 0 Å². The summed E-state index contributed by atoms with van der Waals surface area (Å²) in [6.45, 7) is 1.19. The lowest BCUT2D eigenvalue weighted by Gasteiger charge is -2.38. The summed E-state index contributed by atoms with van der Waals surface area (Å²) in [5.41, 5.74) is 3.06. The number of ether oxygens (including phenoxy) is 1. The molecule has 1 aliphatic carbocycles. The maximum atomic E-state index is 5.34. The largest absolute Gasteiger partial charge is 0.497 e. The zero-order valence-corrected chi connectivity index (χ0v) is 9.83. The topological polar surface area (TPSA) is 21.3 Å². The van der Waals surface area contributed by atoms with Crippen LogP contribution in [0.3, 0.4) is 0 Å². The van der Waals surface area contributed by atoms with Crippen LogP contribution >= 0.6 is 0 Å². The molecule has 1 aromatic carbocycles. The monoisotopic (exact) mass is 217 g/mol. The van der Waals surface area contributed by atoms with Crippen LogP contribution < -0.4 is 10.1 Å². The number of aryl methyl sites for hydroxylation is 1.